The van der Waals surface area contributed by atoms with Crippen molar-refractivity contribution >= 4 is 11.6 Å². The van der Waals surface area contributed by atoms with E-state index in [1.807, 2.05) is 30.3 Å². The summed E-state index contributed by atoms with van der Waals surface area (Å²) in [5.41, 5.74) is 3.49. The van der Waals surface area contributed by atoms with Gasteiger partial charge in [0.15, 0.2) is 0 Å². The predicted molar refractivity (Wildman–Crippen MR) is 99.0 cm³/mol. The molecule has 0 bridgehead atoms. The van der Waals surface area contributed by atoms with Crippen molar-refractivity contribution in [2.75, 3.05) is 25.0 Å². The van der Waals surface area contributed by atoms with Crippen molar-refractivity contribution < 1.29 is 4.79 Å². The van der Waals surface area contributed by atoms with E-state index in [4.69, 9.17) is 0 Å². The monoisotopic (exact) mass is 320 g/mol. The number of carbonyl (C=O) groups excluding carboxylic acids is 1. The second kappa shape index (κ2) is 8.46. The quantitative estimate of drug-likeness (QED) is 0.848. The van der Waals surface area contributed by atoms with Gasteiger partial charge in [-0.2, -0.15) is 0 Å². The van der Waals surface area contributed by atoms with Gasteiger partial charge in [0.05, 0.1) is 0 Å². The Labute approximate surface area is 144 Å². The highest BCUT2D eigenvalue weighted by molar-refractivity contribution is 5.99. The summed E-state index contributed by atoms with van der Waals surface area (Å²) >= 11 is 0. The molecule has 24 heavy (non-hydrogen) atoms. The van der Waals surface area contributed by atoms with Crippen LogP contribution < -0.4 is 5.32 Å². The van der Waals surface area contributed by atoms with Gasteiger partial charge in [-0.1, -0.05) is 54.1 Å². The standard InChI is InChI=1S/C21H24N2O/c24-21(22-20-9-5-2-6-10-20)17-19-12-15-23(16-13-19)14-11-18-7-3-1-4-8-18/h1-10,17H,11-16H2,(H,22,24). The van der Waals surface area contributed by atoms with Gasteiger partial charge in [0.1, 0.15) is 0 Å². The molecule has 3 heteroatoms. The molecule has 0 unspecified atom stereocenters. The fourth-order valence-corrected chi connectivity index (χ4v) is 3.03. The molecule has 1 aliphatic rings. The van der Waals surface area contributed by atoms with Crippen LogP contribution >= 0.6 is 0 Å². The molecule has 2 aromatic rings. The average molecular weight is 320 g/mol. The zero-order valence-electron chi connectivity index (χ0n) is 13.9. The lowest BCUT2D eigenvalue weighted by molar-refractivity contribution is -0.112. The number of benzene rings is 2. The number of nitrogens with one attached hydrogen (secondary N) is 1. The van der Waals surface area contributed by atoms with Crippen LogP contribution in [0, 0.1) is 0 Å². The molecular formula is C21H24N2O. The number of para-hydroxylation sites is 1. The van der Waals surface area contributed by atoms with E-state index in [1.165, 1.54) is 11.1 Å². The average Bonchev–Trinajstić information content (AvgIpc) is 2.63. The van der Waals surface area contributed by atoms with E-state index < -0.39 is 0 Å². The number of carbonyl (C=O) groups is 1. The molecule has 0 radical (unpaired) electrons. The van der Waals surface area contributed by atoms with Crippen molar-refractivity contribution in [2.45, 2.75) is 19.3 Å². The maximum atomic E-state index is 12.1. The third kappa shape index (κ3) is 5.07. The van der Waals surface area contributed by atoms with E-state index in [0.717, 1.165) is 44.6 Å². The van der Waals surface area contributed by atoms with Crippen molar-refractivity contribution in [2.24, 2.45) is 0 Å². The van der Waals surface area contributed by atoms with Gasteiger partial charge in [-0.05, 0) is 37.0 Å². The first-order chi connectivity index (χ1) is 11.8. The van der Waals surface area contributed by atoms with E-state index in [2.05, 4.69) is 40.5 Å². The zero-order chi connectivity index (χ0) is 16.6. The van der Waals surface area contributed by atoms with Gasteiger partial charge in [-0.15, -0.1) is 0 Å². The molecule has 1 amide bonds. The van der Waals surface area contributed by atoms with Crippen LogP contribution in [0.25, 0.3) is 0 Å². The fraction of sp³-hybridized carbons (Fsp3) is 0.286. The van der Waals surface area contributed by atoms with Crippen molar-refractivity contribution in [3.8, 4) is 0 Å². The van der Waals surface area contributed by atoms with Gasteiger partial charge < -0.3 is 10.2 Å². The molecule has 0 aliphatic carbocycles. The van der Waals surface area contributed by atoms with Gasteiger partial charge in [-0.25, -0.2) is 0 Å². The van der Waals surface area contributed by atoms with Crippen LogP contribution in [0.15, 0.2) is 72.3 Å². The molecule has 2 aromatic carbocycles. The first-order valence-corrected chi connectivity index (χ1v) is 8.61. The fourth-order valence-electron chi connectivity index (χ4n) is 3.03. The topological polar surface area (TPSA) is 32.3 Å². The molecule has 124 valence electrons. The second-order valence-electron chi connectivity index (χ2n) is 6.24. The third-order valence-corrected chi connectivity index (χ3v) is 4.43. The molecule has 0 spiro atoms. The number of nitrogens with zero attached hydrogens (tertiary/aromatic N) is 1. The summed E-state index contributed by atoms with van der Waals surface area (Å²) in [6.45, 7) is 3.17. The maximum absolute atomic E-state index is 12.1. The van der Waals surface area contributed by atoms with Crippen LogP contribution in [0.2, 0.25) is 0 Å². The number of likely N-dealkylation sites (tertiary alicyclic amines) is 1. The van der Waals surface area contributed by atoms with E-state index in [9.17, 15) is 4.79 Å². The summed E-state index contributed by atoms with van der Waals surface area (Å²) in [7, 11) is 0. The van der Waals surface area contributed by atoms with Crippen molar-refractivity contribution in [1.29, 1.82) is 0 Å². The lowest BCUT2D eigenvalue weighted by atomic mass is 10.0. The Morgan fingerprint density at radius 1 is 0.958 bits per heavy atom. The molecule has 0 saturated carbocycles. The lowest BCUT2D eigenvalue weighted by Crippen LogP contribution is -2.32. The second-order valence-corrected chi connectivity index (χ2v) is 6.24. The van der Waals surface area contributed by atoms with E-state index in [1.54, 1.807) is 6.08 Å². The lowest BCUT2D eigenvalue weighted by Gasteiger charge is -2.28. The van der Waals surface area contributed by atoms with Crippen molar-refractivity contribution in [3.05, 3.63) is 77.9 Å². The Hall–Kier alpha value is -2.39. The molecule has 1 aliphatic heterocycles. The first kappa shape index (κ1) is 16.5. The van der Waals surface area contributed by atoms with E-state index in [-0.39, 0.29) is 5.91 Å². The number of hydrogen-bond acceptors (Lipinski definition) is 2. The summed E-state index contributed by atoms with van der Waals surface area (Å²) < 4.78 is 0. The van der Waals surface area contributed by atoms with Crippen LogP contribution in [-0.4, -0.2) is 30.4 Å². The zero-order valence-corrected chi connectivity index (χ0v) is 13.9. The molecule has 0 aromatic heterocycles. The Kier molecular flexibility index (Phi) is 5.80. The minimum absolute atomic E-state index is 0.0195. The maximum Gasteiger partial charge on any atom is 0.248 e. The summed E-state index contributed by atoms with van der Waals surface area (Å²) in [6, 6.07) is 20.2. The molecule has 3 rings (SSSR count). The molecule has 1 N–H and O–H groups in total. The van der Waals surface area contributed by atoms with Crippen molar-refractivity contribution in [3.63, 3.8) is 0 Å². The Morgan fingerprint density at radius 3 is 2.25 bits per heavy atom. The normalized spacial score (nSPS) is 15.1. The van der Waals surface area contributed by atoms with Gasteiger partial charge in [-0.3, -0.25) is 4.79 Å². The highest BCUT2D eigenvalue weighted by atomic mass is 16.1. The number of piperidine rings is 1. The number of anilines is 1. The van der Waals surface area contributed by atoms with E-state index in [0.29, 0.717) is 0 Å². The van der Waals surface area contributed by atoms with E-state index >= 15 is 0 Å². The first-order valence-electron chi connectivity index (χ1n) is 8.61. The van der Waals surface area contributed by atoms with Gasteiger partial charge in [0, 0.05) is 31.4 Å². The van der Waals surface area contributed by atoms with Crippen molar-refractivity contribution in [1.82, 2.24) is 4.90 Å². The predicted octanol–water partition coefficient (Wildman–Crippen LogP) is 3.89. The summed E-state index contributed by atoms with van der Waals surface area (Å²) in [5, 5.41) is 2.92. The Morgan fingerprint density at radius 2 is 1.58 bits per heavy atom. The molecule has 1 saturated heterocycles. The smallest absolute Gasteiger partial charge is 0.248 e. The minimum Gasteiger partial charge on any atom is -0.323 e. The van der Waals surface area contributed by atoms with Crippen LogP contribution in [0.3, 0.4) is 0 Å². The van der Waals surface area contributed by atoms with Gasteiger partial charge in [0.25, 0.3) is 0 Å². The van der Waals surface area contributed by atoms with Crippen LogP contribution in [0.1, 0.15) is 18.4 Å². The third-order valence-electron chi connectivity index (χ3n) is 4.43. The molecule has 1 fully saturated rings. The number of rotatable bonds is 5. The summed E-state index contributed by atoms with van der Waals surface area (Å²) in [5.74, 6) is -0.0195. The van der Waals surface area contributed by atoms with Gasteiger partial charge >= 0.3 is 0 Å². The SMILES string of the molecule is O=C(C=C1CCN(CCc2ccccc2)CC1)Nc1ccccc1. The Balaban J connectivity index is 1.43. The van der Waals surface area contributed by atoms with Crippen LogP contribution in [-0.2, 0) is 11.2 Å². The van der Waals surface area contributed by atoms with Crippen LogP contribution in [0.4, 0.5) is 5.69 Å². The molecular weight excluding hydrogens is 296 g/mol. The highest BCUT2D eigenvalue weighted by Crippen LogP contribution is 2.17. The summed E-state index contributed by atoms with van der Waals surface area (Å²) in [6.07, 6.45) is 4.84. The minimum atomic E-state index is -0.0195. The number of hydrogen-bond donors (Lipinski definition) is 1. The largest absolute Gasteiger partial charge is 0.323 e. The van der Waals surface area contributed by atoms with Gasteiger partial charge in [0.2, 0.25) is 5.91 Å². The summed E-state index contributed by atoms with van der Waals surface area (Å²) in [4.78, 5) is 14.6. The molecule has 3 nitrogen and oxygen atoms in total. The number of amides is 1. The molecule has 0 atom stereocenters. The Bertz CT molecular complexity index is 669. The highest BCUT2D eigenvalue weighted by Gasteiger charge is 2.14. The molecule has 1 heterocycles. The van der Waals surface area contributed by atoms with Crippen LogP contribution in [0.5, 0.6) is 0 Å².